The Morgan fingerprint density at radius 2 is 1.95 bits per heavy atom. The lowest BCUT2D eigenvalue weighted by Crippen LogP contribution is -2.21. The Hall–Kier alpha value is -1.00. The third kappa shape index (κ3) is 2.59. The lowest BCUT2D eigenvalue weighted by atomic mass is 9.88. The van der Waals surface area contributed by atoms with E-state index in [9.17, 15) is 0 Å². The lowest BCUT2D eigenvalue weighted by molar-refractivity contribution is 0.0998. The monoisotopic (exact) mass is 275 g/mol. The lowest BCUT2D eigenvalue weighted by Gasteiger charge is -2.19. The molecule has 0 radical (unpaired) electrons. The van der Waals surface area contributed by atoms with Crippen LogP contribution >= 0.6 is 0 Å². The van der Waals surface area contributed by atoms with Crippen molar-refractivity contribution >= 4 is 0 Å². The Morgan fingerprint density at radius 1 is 1.20 bits per heavy atom. The quantitative estimate of drug-likeness (QED) is 0.838. The Balaban J connectivity index is 1.77. The highest BCUT2D eigenvalue weighted by atomic mass is 16.5. The summed E-state index contributed by atoms with van der Waals surface area (Å²) in [7, 11) is 0. The summed E-state index contributed by atoms with van der Waals surface area (Å²) in [5.41, 5.74) is 3.60. The highest BCUT2D eigenvalue weighted by Crippen LogP contribution is 2.43. The average molecular weight is 275 g/mol. The van der Waals surface area contributed by atoms with Crippen LogP contribution < -0.4 is 5.32 Å². The minimum atomic E-state index is 0.367. The van der Waals surface area contributed by atoms with E-state index in [1.165, 1.54) is 18.4 Å². The molecule has 0 amide bonds. The van der Waals surface area contributed by atoms with Gasteiger partial charge in [-0.3, -0.25) is 0 Å². The Morgan fingerprint density at radius 3 is 2.50 bits per heavy atom. The Bertz CT molecular complexity index is 466. The molecule has 3 rings (SSSR count). The van der Waals surface area contributed by atoms with Crippen LogP contribution in [0, 0.1) is 13.8 Å². The minimum Gasteiger partial charge on any atom is -0.374 e. The molecule has 3 unspecified atom stereocenters. The van der Waals surface area contributed by atoms with Crippen molar-refractivity contribution in [3.05, 3.63) is 22.8 Å². The van der Waals surface area contributed by atoms with Crippen molar-refractivity contribution in [1.82, 2.24) is 15.3 Å². The van der Waals surface area contributed by atoms with Crippen LogP contribution in [0.2, 0.25) is 0 Å². The molecule has 2 saturated heterocycles. The molecule has 110 valence electrons. The summed E-state index contributed by atoms with van der Waals surface area (Å²) in [5.74, 6) is 1.44. The number of fused-ring (bicyclic) bond motifs is 2. The van der Waals surface area contributed by atoms with Gasteiger partial charge in [-0.15, -0.1) is 0 Å². The Labute approximate surface area is 121 Å². The Kier molecular flexibility index (Phi) is 4.03. The van der Waals surface area contributed by atoms with E-state index < -0.39 is 0 Å². The van der Waals surface area contributed by atoms with E-state index in [-0.39, 0.29) is 0 Å². The number of aromatic nitrogens is 2. The predicted octanol–water partition coefficient (Wildman–Crippen LogP) is 2.28. The van der Waals surface area contributed by atoms with Crippen LogP contribution in [0.4, 0.5) is 0 Å². The highest BCUT2D eigenvalue weighted by molar-refractivity contribution is 5.26. The number of likely N-dealkylation sites (N-methyl/N-ethyl adjacent to an activating group) is 1. The largest absolute Gasteiger partial charge is 0.374 e. The molecular formula is C16H25N3O. The summed E-state index contributed by atoms with van der Waals surface area (Å²) >= 11 is 0. The molecule has 0 saturated carbocycles. The molecule has 0 aromatic carbocycles. The van der Waals surface area contributed by atoms with E-state index in [0.717, 1.165) is 43.1 Å². The standard InChI is InChI=1S/C16H25N3O/c1-4-17-8-7-13-10(2)18-16(19-11(13)3)14-9-12-5-6-15(14)20-12/h12,14-15,17H,4-9H2,1-3H3. The maximum absolute atomic E-state index is 5.94. The second kappa shape index (κ2) is 5.78. The first kappa shape index (κ1) is 14.0. The molecule has 1 aromatic heterocycles. The van der Waals surface area contributed by atoms with Crippen LogP contribution in [0.5, 0.6) is 0 Å². The van der Waals surface area contributed by atoms with Gasteiger partial charge in [0.1, 0.15) is 5.82 Å². The van der Waals surface area contributed by atoms with Gasteiger partial charge in [0.15, 0.2) is 0 Å². The van der Waals surface area contributed by atoms with Gasteiger partial charge in [-0.2, -0.15) is 0 Å². The van der Waals surface area contributed by atoms with E-state index in [0.29, 0.717) is 18.1 Å². The number of hydrogen-bond acceptors (Lipinski definition) is 4. The minimum absolute atomic E-state index is 0.367. The van der Waals surface area contributed by atoms with Gasteiger partial charge in [0, 0.05) is 17.3 Å². The second-order valence-corrected chi connectivity index (χ2v) is 6.05. The van der Waals surface area contributed by atoms with Crippen molar-refractivity contribution in [3.63, 3.8) is 0 Å². The highest BCUT2D eigenvalue weighted by Gasteiger charge is 2.43. The fraction of sp³-hybridized carbons (Fsp3) is 0.750. The number of nitrogens with one attached hydrogen (secondary N) is 1. The molecule has 20 heavy (non-hydrogen) atoms. The van der Waals surface area contributed by atoms with E-state index in [1.807, 2.05) is 0 Å². The second-order valence-electron chi connectivity index (χ2n) is 6.05. The maximum Gasteiger partial charge on any atom is 0.134 e. The molecule has 4 heteroatoms. The van der Waals surface area contributed by atoms with Gasteiger partial charge in [0.25, 0.3) is 0 Å². The topological polar surface area (TPSA) is 47.0 Å². The van der Waals surface area contributed by atoms with Gasteiger partial charge < -0.3 is 10.1 Å². The van der Waals surface area contributed by atoms with Gasteiger partial charge in [0.05, 0.1) is 12.2 Å². The molecule has 0 spiro atoms. The normalized spacial score (nSPS) is 28.2. The first-order chi connectivity index (χ1) is 9.69. The predicted molar refractivity (Wildman–Crippen MR) is 79.0 cm³/mol. The molecule has 0 aliphatic carbocycles. The van der Waals surface area contributed by atoms with Crippen molar-refractivity contribution in [1.29, 1.82) is 0 Å². The summed E-state index contributed by atoms with van der Waals surface area (Å²) < 4.78 is 5.94. The smallest absolute Gasteiger partial charge is 0.134 e. The molecule has 3 heterocycles. The van der Waals surface area contributed by atoms with Crippen LogP contribution in [0.25, 0.3) is 0 Å². The van der Waals surface area contributed by atoms with Gasteiger partial charge in [0.2, 0.25) is 0 Å². The molecule has 2 bridgehead atoms. The first-order valence-electron chi connectivity index (χ1n) is 7.89. The van der Waals surface area contributed by atoms with E-state index in [2.05, 4.69) is 26.1 Å². The third-order valence-electron chi connectivity index (χ3n) is 4.68. The van der Waals surface area contributed by atoms with E-state index >= 15 is 0 Å². The van der Waals surface area contributed by atoms with Crippen molar-refractivity contribution in [3.8, 4) is 0 Å². The number of nitrogens with zero attached hydrogens (tertiary/aromatic N) is 2. The van der Waals surface area contributed by atoms with Gasteiger partial charge in [-0.1, -0.05) is 6.92 Å². The van der Waals surface area contributed by atoms with Gasteiger partial charge in [-0.05, 0) is 58.2 Å². The van der Waals surface area contributed by atoms with E-state index in [4.69, 9.17) is 14.7 Å². The molecule has 1 N–H and O–H groups in total. The van der Waals surface area contributed by atoms with Gasteiger partial charge in [-0.25, -0.2) is 9.97 Å². The zero-order chi connectivity index (χ0) is 14.1. The van der Waals surface area contributed by atoms with Crippen molar-refractivity contribution < 1.29 is 4.74 Å². The zero-order valence-corrected chi connectivity index (χ0v) is 12.8. The average Bonchev–Trinajstić information content (AvgIpc) is 3.04. The summed E-state index contributed by atoms with van der Waals surface area (Å²) in [6.07, 6.45) is 5.35. The van der Waals surface area contributed by atoms with Crippen molar-refractivity contribution in [2.45, 2.75) is 64.6 Å². The summed E-state index contributed by atoms with van der Waals surface area (Å²) in [5, 5.41) is 3.37. The number of rotatable bonds is 5. The summed E-state index contributed by atoms with van der Waals surface area (Å²) in [6.45, 7) is 8.38. The number of aryl methyl sites for hydroxylation is 2. The van der Waals surface area contributed by atoms with Crippen molar-refractivity contribution in [2.75, 3.05) is 13.1 Å². The van der Waals surface area contributed by atoms with Crippen LogP contribution in [-0.2, 0) is 11.2 Å². The van der Waals surface area contributed by atoms with Crippen molar-refractivity contribution in [2.24, 2.45) is 0 Å². The SMILES string of the molecule is CCNCCc1c(C)nc(C2CC3CCC2O3)nc1C. The number of ether oxygens (including phenoxy) is 1. The summed E-state index contributed by atoms with van der Waals surface area (Å²) in [6, 6.07) is 0. The fourth-order valence-electron chi connectivity index (χ4n) is 3.59. The molecule has 4 nitrogen and oxygen atoms in total. The zero-order valence-electron chi connectivity index (χ0n) is 12.8. The van der Waals surface area contributed by atoms with Crippen LogP contribution in [0.1, 0.15) is 54.9 Å². The first-order valence-corrected chi connectivity index (χ1v) is 7.89. The van der Waals surface area contributed by atoms with Crippen LogP contribution in [0.15, 0.2) is 0 Å². The van der Waals surface area contributed by atoms with Crippen LogP contribution in [0.3, 0.4) is 0 Å². The van der Waals surface area contributed by atoms with Gasteiger partial charge >= 0.3 is 0 Å². The molecule has 2 aliphatic heterocycles. The third-order valence-corrected chi connectivity index (χ3v) is 4.68. The molecule has 2 fully saturated rings. The van der Waals surface area contributed by atoms with Crippen LogP contribution in [-0.4, -0.2) is 35.3 Å². The number of hydrogen-bond donors (Lipinski definition) is 1. The summed E-state index contributed by atoms with van der Waals surface area (Å²) in [4.78, 5) is 9.59. The molecular weight excluding hydrogens is 250 g/mol. The molecule has 1 aromatic rings. The van der Waals surface area contributed by atoms with E-state index in [1.54, 1.807) is 0 Å². The molecule has 3 atom stereocenters. The fourth-order valence-corrected chi connectivity index (χ4v) is 3.59. The molecule has 2 aliphatic rings. The maximum atomic E-state index is 5.94.